The van der Waals surface area contributed by atoms with Crippen LogP contribution in [0.5, 0.6) is 11.5 Å². The van der Waals surface area contributed by atoms with Crippen LogP contribution < -0.4 is 25.2 Å². The SMILES string of the molecule is [2H]C([2H])([2H])n1c(-n2c3[c-]c(Oc4[c-]c(N5[CH-]N(c6c(/C7=C/C=C\N/C=C\C=C/[B]7)cccc6/C6=C/C=C\N/C=C\C=C/[B]6)c6ccccc65)ccc4)ccc3c3ccccc32)nc2ccccc21.[Pt]. The van der Waals surface area contributed by atoms with E-state index < -0.39 is 6.98 Å². The Morgan fingerprint density at radius 1 is 0.606 bits per heavy atom. The van der Waals surface area contributed by atoms with Gasteiger partial charge in [0.05, 0.1) is 11.0 Å². The summed E-state index contributed by atoms with van der Waals surface area (Å²) in [6, 6.07) is 46.7. The number of hydrogen-bond donors (Lipinski definition) is 2. The number of fused-ring (bicyclic) bond motifs is 5. The topological polar surface area (TPSA) is 62.5 Å². The Bertz CT molecular complexity index is 3440. The van der Waals surface area contributed by atoms with E-state index in [1.807, 2.05) is 145 Å². The number of allylic oxidation sites excluding steroid dienone is 8. The average Bonchev–Trinajstić information content (AvgIpc) is 4.04. The summed E-state index contributed by atoms with van der Waals surface area (Å²) in [6.07, 6.45) is 23.8. The molecule has 0 amide bonds. The number of nitrogens with zero attached hydrogens (tertiary/aromatic N) is 5. The van der Waals surface area contributed by atoms with E-state index in [0.717, 1.165) is 61.1 Å². The molecule has 0 unspecified atom stereocenters. The first-order chi connectivity index (χ1) is 33.4. The maximum Gasteiger partial charge on any atom is 0.213 e. The summed E-state index contributed by atoms with van der Waals surface area (Å²) >= 11 is 0. The van der Waals surface area contributed by atoms with E-state index >= 15 is 0 Å². The van der Waals surface area contributed by atoms with Gasteiger partial charge in [0.1, 0.15) is 0 Å². The second-order valence-corrected chi connectivity index (χ2v) is 15.3. The minimum atomic E-state index is -2.50. The number of ether oxygens (including phenoxy) is 1. The Hall–Kier alpha value is -7.67. The van der Waals surface area contributed by atoms with E-state index in [0.29, 0.717) is 28.0 Å². The van der Waals surface area contributed by atoms with Crippen LogP contribution >= 0.6 is 0 Å². The molecule has 11 heteroatoms. The Morgan fingerprint density at radius 2 is 1.24 bits per heavy atom. The summed E-state index contributed by atoms with van der Waals surface area (Å²) in [5.74, 6) is 5.28. The molecule has 2 radical (unpaired) electrons. The second kappa shape index (κ2) is 18.8. The van der Waals surface area contributed by atoms with Crippen LogP contribution in [0.15, 0.2) is 207 Å². The minimum Gasteiger partial charge on any atom is -0.509 e. The molecule has 2 aromatic heterocycles. The molecule has 0 atom stereocenters. The van der Waals surface area contributed by atoms with Crippen LogP contribution in [0.1, 0.15) is 15.2 Å². The Labute approximate surface area is 404 Å². The fraction of sp³-hybridized carbons (Fsp3) is 0.0182. The van der Waals surface area contributed by atoms with Gasteiger partial charge in [-0.05, 0) is 71.1 Å². The van der Waals surface area contributed by atoms with Crippen molar-refractivity contribution in [1.29, 1.82) is 0 Å². The summed E-state index contributed by atoms with van der Waals surface area (Å²) in [5, 5.41) is 8.23. The summed E-state index contributed by atoms with van der Waals surface area (Å²) in [4.78, 5) is 9.27. The molecular formula is C55H40B2N7OPt-3. The molecule has 0 bridgehead atoms. The zero-order valence-electron chi connectivity index (χ0n) is 38.3. The number of aryl methyl sites for hydroxylation is 1. The van der Waals surface area contributed by atoms with E-state index in [9.17, 15) is 0 Å². The minimum absolute atomic E-state index is 0. The van der Waals surface area contributed by atoms with E-state index in [1.54, 1.807) is 6.07 Å². The quantitative estimate of drug-likeness (QED) is 0.123. The smallest absolute Gasteiger partial charge is 0.213 e. The van der Waals surface area contributed by atoms with Gasteiger partial charge in [0, 0.05) is 91.0 Å². The first-order valence-electron chi connectivity index (χ1n) is 22.8. The molecular weight excluding hydrogens is 991 g/mol. The zero-order chi connectivity index (χ0) is 46.0. The molecule has 66 heavy (non-hydrogen) atoms. The van der Waals surface area contributed by atoms with E-state index in [4.69, 9.17) is 13.8 Å². The van der Waals surface area contributed by atoms with Crippen molar-refractivity contribution in [2.75, 3.05) is 9.80 Å². The molecule has 0 aliphatic carbocycles. The monoisotopic (exact) mass is 1030 g/mol. The summed E-state index contributed by atoms with van der Waals surface area (Å²) < 4.78 is 35.5. The molecule has 0 spiro atoms. The Morgan fingerprint density at radius 3 is 1.98 bits per heavy atom. The summed E-state index contributed by atoms with van der Waals surface area (Å²) in [5.41, 5.74) is 10.4. The van der Waals surface area contributed by atoms with Crippen molar-refractivity contribution in [3.8, 4) is 17.4 Å². The molecule has 0 saturated carbocycles. The van der Waals surface area contributed by atoms with Gasteiger partial charge in [-0.15, -0.1) is 60.0 Å². The maximum absolute atomic E-state index is 8.56. The molecule has 0 fully saturated rings. The van der Waals surface area contributed by atoms with Crippen molar-refractivity contribution in [2.24, 2.45) is 6.98 Å². The number of nitrogens with one attached hydrogen (secondary N) is 2. The van der Waals surface area contributed by atoms with Crippen LogP contribution in [0.4, 0.5) is 22.7 Å². The number of anilines is 4. The molecule has 0 saturated heterocycles. The predicted molar refractivity (Wildman–Crippen MR) is 269 cm³/mol. The van der Waals surface area contributed by atoms with Crippen LogP contribution in [0.2, 0.25) is 0 Å². The standard InChI is InChI=1S/C55H40B2N7O.Pt/c1-61-50-25-5-3-23-48(50)60-55(61)64-49-24-4-2-18-42(49)43-29-28-41(37-53(43)64)65-40-17-12-16-39(36-40)62-38-63(52-27-7-6-26-51(52)62)54-44(46-21-14-34-58-32-10-8-30-56-46)19-13-20-45(54)47-22-15-35-59-33-11-9-31-57-47;/h2-35,38,58-59H,1H3;/q-3;/b30-8-,31-9-,32-10-,33-11-,34-14-,35-15-,46-21-,47-22-;/i1D3;. The Kier molecular flexibility index (Phi) is 11.0. The normalized spacial score (nSPS) is 19.8. The van der Waals surface area contributed by atoms with E-state index in [-0.39, 0.29) is 27.0 Å². The van der Waals surface area contributed by atoms with Crippen molar-refractivity contribution < 1.29 is 29.9 Å². The van der Waals surface area contributed by atoms with Crippen LogP contribution in [-0.4, -0.2) is 28.7 Å². The molecule has 2 N–H and O–H groups in total. The molecule has 11 rings (SSSR count). The van der Waals surface area contributed by atoms with Gasteiger partial charge in [0.25, 0.3) is 0 Å². The van der Waals surface area contributed by atoms with Crippen molar-refractivity contribution in [1.82, 2.24) is 24.8 Å². The third kappa shape index (κ3) is 8.05. The number of imidazole rings is 1. The van der Waals surface area contributed by atoms with Gasteiger partial charge >= 0.3 is 0 Å². The third-order valence-corrected chi connectivity index (χ3v) is 11.4. The third-order valence-electron chi connectivity index (χ3n) is 11.4. The van der Waals surface area contributed by atoms with Crippen molar-refractivity contribution in [3.05, 3.63) is 237 Å². The zero-order valence-corrected chi connectivity index (χ0v) is 37.6. The van der Waals surface area contributed by atoms with Crippen LogP contribution in [0.25, 0.3) is 49.7 Å². The summed E-state index contributed by atoms with van der Waals surface area (Å²) in [7, 11) is 4.27. The van der Waals surface area contributed by atoms with Crippen LogP contribution in [0, 0.1) is 18.8 Å². The molecule has 8 aromatic rings. The predicted octanol–water partition coefficient (Wildman–Crippen LogP) is 11.8. The second-order valence-electron chi connectivity index (χ2n) is 15.3. The number of aromatic nitrogens is 3. The largest absolute Gasteiger partial charge is 0.509 e. The first kappa shape index (κ1) is 38.8. The molecule has 3 aliphatic heterocycles. The van der Waals surface area contributed by atoms with E-state index in [2.05, 4.69) is 114 Å². The number of benzene rings is 6. The summed E-state index contributed by atoms with van der Waals surface area (Å²) in [6.45, 7) is -0.387. The van der Waals surface area contributed by atoms with Crippen molar-refractivity contribution in [2.45, 2.75) is 0 Å². The molecule has 5 heterocycles. The van der Waals surface area contributed by atoms with Crippen LogP contribution in [0.3, 0.4) is 0 Å². The van der Waals surface area contributed by atoms with Gasteiger partial charge in [-0.1, -0.05) is 101 Å². The van der Waals surface area contributed by atoms with Gasteiger partial charge in [-0.25, -0.2) is 4.98 Å². The van der Waals surface area contributed by atoms with Crippen molar-refractivity contribution in [3.63, 3.8) is 0 Å². The average molecular weight is 1030 g/mol. The first-order valence-corrected chi connectivity index (χ1v) is 21.3. The van der Waals surface area contributed by atoms with Gasteiger partial charge in [-0.3, -0.25) is 0 Å². The number of para-hydroxylation sites is 6. The van der Waals surface area contributed by atoms with Crippen LogP contribution in [-0.2, 0) is 28.0 Å². The van der Waals surface area contributed by atoms with Gasteiger partial charge in [0.2, 0.25) is 5.95 Å². The fourth-order valence-corrected chi connectivity index (χ4v) is 8.47. The molecule has 320 valence electrons. The number of rotatable bonds is 7. The Balaban J connectivity index is 0.00000553. The molecule has 3 aliphatic rings. The van der Waals surface area contributed by atoms with Gasteiger partial charge in [-0.2, -0.15) is 12.1 Å². The molecule has 8 nitrogen and oxygen atoms in total. The van der Waals surface area contributed by atoms with E-state index in [1.165, 1.54) is 4.57 Å². The maximum atomic E-state index is 8.56. The molecule has 6 aromatic carbocycles. The van der Waals surface area contributed by atoms with Crippen molar-refractivity contribution >= 4 is 81.1 Å². The van der Waals surface area contributed by atoms with Gasteiger partial charge in [0.15, 0.2) is 14.6 Å². The number of hydrogen-bond acceptors (Lipinski definition) is 6. The van der Waals surface area contributed by atoms with Gasteiger partial charge < -0.3 is 34.3 Å². The fourth-order valence-electron chi connectivity index (χ4n) is 8.47.